The van der Waals surface area contributed by atoms with E-state index in [1.54, 1.807) is 35.1 Å². The van der Waals surface area contributed by atoms with Crippen LogP contribution in [0.25, 0.3) is 11.3 Å². The molecule has 1 aliphatic heterocycles. The van der Waals surface area contributed by atoms with Crippen LogP contribution in [0.2, 0.25) is 0 Å². The van der Waals surface area contributed by atoms with Gasteiger partial charge in [-0.1, -0.05) is 42.3 Å². The van der Waals surface area contributed by atoms with Crippen molar-refractivity contribution in [1.29, 1.82) is 0 Å². The molecule has 2 heterocycles. The smallest absolute Gasteiger partial charge is 0.364 e. The van der Waals surface area contributed by atoms with E-state index in [1.807, 2.05) is 0 Å². The topological polar surface area (TPSA) is 356 Å². The first kappa shape index (κ1) is 66.2. The number of hydrogen-bond acceptors (Lipinski definition) is 22. The molecule has 1 fully saturated rings. The number of aromatic nitrogens is 3. The van der Waals surface area contributed by atoms with E-state index in [1.165, 1.54) is 7.11 Å². The van der Waals surface area contributed by atoms with Crippen LogP contribution in [0.15, 0.2) is 40.1 Å². The van der Waals surface area contributed by atoms with Gasteiger partial charge in [-0.3, -0.25) is 24.0 Å². The van der Waals surface area contributed by atoms with Crippen molar-refractivity contribution in [2.75, 3.05) is 110 Å². The molecular weight excluding hydrogens is 1110 g/mol. The maximum Gasteiger partial charge on any atom is 0.364 e. The second kappa shape index (κ2) is 33.5. The fourth-order valence-electron chi connectivity index (χ4n) is 8.04. The molecule has 0 unspecified atom stereocenters. The van der Waals surface area contributed by atoms with Gasteiger partial charge in [0.1, 0.15) is 35.9 Å². The molecule has 3 aromatic carbocycles. The number of anilines is 2. The number of methoxy groups -OCH3 is 1. The van der Waals surface area contributed by atoms with Crippen molar-refractivity contribution in [3.8, 4) is 17.0 Å². The molecule has 0 aliphatic carbocycles. The number of carbonyl (C=O) groups excluding carboxylic acids is 3. The molecule has 6 atom stereocenters. The molecule has 82 heavy (non-hydrogen) atoms. The minimum absolute atomic E-state index is 0.0156. The summed E-state index contributed by atoms with van der Waals surface area (Å²) in [6.45, 7) is 0.644. The van der Waals surface area contributed by atoms with Crippen LogP contribution in [-0.2, 0) is 65.3 Å². The third-order valence-corrected chi connectivity index (χ3v) is 12.4. The van der Waals surface area contributed by atoms with Crippen molar-refractivity contribution < 1.29 is 105 Å². The molecule has 26 nitrogen and oxygen atoms in total. The highest BCUT2D eigenvalue weighted by Gasteiger charge is 2.56. The lowest BCUT2D eigenvalue weighted by molar-refractivity contribution is -0.310. The van der Waals surface area contributed by atoms with Crippen LogP contribution >= 0.6 is 0 Å². The van der Waals surface area contributed by atoms with E-state index in [0.717, 1.165) is 0 Å². The monoisotopic (exact) mass is 1180 g/mol. The van der Waals surface area contributed by atoms with Gasteiger partial charge in [0.2, 0.25) is 46.6 Å². The molecule has 5 rings (SSSR count). The highest BCUT2D eigenvalue weighted by atomic mass is 19.2. The first-order chi connectivity index (χ1) is 39.3. The van der Waals surface area contributed by atoms with Crippen molar-refractivity contribution >= 4 is 35.1 Å². The van der Waals surface area contributed by atoms with Gasteiger partial charge in [-0.15, -0.1) is 5.10 Å². The second-order valence-corrected chi connectivity index (χ2v) is 18.4. The molecule has 0 spiro atoms. The van der Waals surface area contributed by atoms with E-state index >= 15 is 0 Å². The summed E-state index contributed by atoms with van der Waals surface area (Å²) >= 11 is 0. The summed E-state index contributed by atoms with van der Waals surface area (Å²) in [5, 5.41) is 71.9. The van der Waals surface area contributed by atoms with Crippen molar-refractivity contribution in [3.05, 3.63) is 85.6 Å². The summed E-state index contributed by atoms with van der Waals surface area (Å²) in [7, 11) is 1.50. The summed E-state index contributed by atoms with van der Waals surface area (Å²) in [5.74, 6) is -20.2. The number of amides is 2. The Morgan fingerprint density at radius 3 is 1.96 bits per heavy atom. The Hall–Kier alpha value is -6.65. The van der Waals surface area contributed by atoms with E-state index in [0.29, 0.717) is 68.7 Å². The van der Waals surface area contributed by atoms with Crippen LogP contribution < -0.4 is 36.9 Å². The fourth-order valence-corrected chi connectivity index (χ4v) is 8.04. The number of benzene rings is 2. The van der Waals surface area contributed by atoms with Crippen LogP contribution in [0.5, 0.6) is 5.75 Å². The third-order valence-electron chi connectivity index (χ3n) is 12.4. The number of aliphatic hydroxyl groups is 4. The van der Waals surface area contributed by atoms with Gasteiger partial charge in [0.05, 0.1) is 110 Å². The second-order valence-electron chi connectivity index (χ2n) is 18.4. The van der Waals surface area contributed by atoms with Crippen LogP contribution in [-0.4, -0.2) is 200 Å². The lowest BCUT2D eigenvalue weighted by Gasteiger charge is -2.46. The third kappa shape index (κ3) is 19.2. The molecule has 31 heteroatoms. The van der Waals surface area contributed by atoms with Crippen molar-refractivity contribution in [2.24, 2.45) is 0 Å². The number of esters is 1. The minimum atomic E-state index is -2.54. The van der Waals surface area contributed by atoms with Gasteiger partial charge in [-0.2, -0.15) is 8.78 Å². The van der Waals surface area contributed by atoms with Gasteiger partial charge in [-0.25, -0.2) is 22.6 Å². The first-order valence-corrected chi connectivity index (χ1v) is 25.9. The van der Waals surface area contributed by atoms with Crippen molar-refractivity contribution in [2.45, 2.75) is 87.7 Å². The van der Waals surface area contributed by atoms with Crippen LogP contribution in [0.3, 0.4) is 0 Å². The predicted octanol–water partition coefficient (Wildman–Crippen LogP) is -0.166. The molecule has 0 saturated carbocycles. The highest BCUT2D eigenvalue weighted by Crippen LogP contribution is 2.34. The van der Waals surface area contributed by atoms with E-state index in [4.69, 9.17) is 33.2 Å². The van der Waals surface area contributed by atoms with Gasteiger partial charge in [0, 0.05) is 38.7 Å². The Kier molecular flexibility index (Phi) is 27.0. The zero-order valence-electron chi connectivity index (χ0n) is 44.5. The van der Waals surface area contributed by atoms with Gasteiger partial charge in [0.25, 0.3) is 16.6 Å². The van der Waals surface area contributed by atoms with Gasteiger partial charge < -0.3 is 84.7 Å². The standard InChI is InChI=1S/C51H66F5N7O19/c1-75-16-12-58-44-43(46(71)47(44)72)57-11-4-2-3-5-14-80-51(50(73)74)25-32(65)42(60-35(68)28-64)49(82-51)45(70)33(66)26-59-34(67)24-29-6-8-30(9-7-29)31-27-63(62-61-31)13-17-77-19-21-79-23-22-78-20-18-76-15-10-36(69)81-48-40(55)38(53)37(52)39(54)41(48)56/h6-9,27,32-33,42,45,49,57-58,64-66,70H,2-5,10-26,28H2,1H3,(H,59,67)(H,60,68)(H,73,74)/t32-,33+,42+,45+,49+,51+/m0/s1. The van der Waals surface area contributed by atoms with Crippen LogP contribution in [0, 0.1) is 29.1 Å². The average molecular weight is 1180 g/mol. The normalized spacial score (nSPS) is 17.8. The molecule has 1 saturated heterocycles. The van der Waals surface area contributed by atoms with Crippen molar-refractivity contribution in [3.63, 3.8) is 0 Å². The Morgan fingerprint density at radius 1 is 0.768 bits per heavy atom. The number of rotatable bonds is 39. The van der Waals surface area contributed by atoms with E-state index in [9.17, 15) is 76.3 Å². The Balaban J connectivity index is 0.950. The van der Waals surface area contributed by atoms with Gasteiger partial charge >= 0.3 is 11.9 Å². The number of carbonyl (C=O) groups is 4. The summed E-state index contributed by atoms with van der Waals surface area (Å²) in [6.07, 6.45) is -5.08. The molecule has 1 aromatic heterocycles. The number of unbranched alkanes of at least 4 members (excludes halogenated alkanes) is 3. The minimum Gasteiger partial charge on any atom is -0.477 e. The number of aliphatic carboxylic acids is 1. The maximum absolute atomic E-state index is 13.7. The molecule has 9 N–H and O–H groups in total. The Bertz CT molecular complexity index is 2740. The summed E-state index contributed by atoms with van der Waals surface area (Å²) < 4.78 is 111. The number of carboxylic acids is 1. The number of ether oxygens (including phenoxy) is 8. The molecule has 0 bridgehead atoms. The number of hydrogen-bond donors (Lipinski definition) is 9. The number of aliphatic hydroxyl groups excluding tert-OH is 4. The van der Waals surface area contributed by atoms with Gasteiger partial charge in [0.15, 0.2) is 0 Å². The molecule has 0 radical (unpaired) electrons. The molecule has 4 aromatic rings. The number of halogens is 5. The number of carboxylic acid groups (broad SMARTS) is 1. The molecular formula is C51H66F5N7O19. The van der Waals surface area contributed by atoms with E-state index in [2.05, 4.69) is 36.3 Å². The Morgan fingerprint density at radius 2 is 1.35 bits per heavy atom. The quantitative estimate of drug-likeness (QED) is 0.00533. The largest absolute Gasteiger partial charge is 0.477 e. The summed E-state index contributed by atoms with van der Waals surface area (Å²) in [6, 6.07) is 5.24. The lowest BCUT2D eigenvalue weighted by Crippen LogP contribution is -2.68. The van der Waals surface area contributed by atoms with Crippen molar-refractivity contribution in [1.82, 2.24) is 25.6 Å². The van der Waals surface area contributed by atoms with E-state index < -0.39 is 132 Å². The maximum atomic E-state index is 13.7. The highest BCUT2D eigenvalue weighted by molar-refractivity contribution is 5.79. The lowest BCUT2D eigenvalue weighted by atomic mass is 9.88. The number of nitrogens with one attached hydrogen (secondary N) is 4. The number of nitrogens with zero attached hydrogens (tertiary/aromatic N) is 3. The van der Waals surface area contributed by atoms with Crippen LogP contribution in [0.4, 0.5) is 33.3 Å². The zero-order valence-corrected chi connectivity index (χ0v) is 44.5. The average Bonchev–Trinajstić information content (AvgIpc) is 4.11. The zero-order chi connectivity index (χ0) is 59.8. The SMILES string of the molecule is COCCNc1c(NCCCCCCO[C@]2(C(=O)O)C[C@H](O)[C@@H](NC(=O)CO)[C@H]([C@H](O)[C@H](O)CNC(=O)Cc3ccc(-c4cn(CCOCCOCCOCCOCCC(=O)Oc5c(F)c(F)c(F)c(F)c5F)nn4)cc3)O2)c(=O)c1=O. The molecule has 2 amide bonds. The fraction of sp³-hybridized carbons (Fsp3) is 0.569. The first-order valence-electron chi connectivity index (χ1n) is 25.9. The predicted molar refractivity (Wildman–Crippen MR) is 273 cm³/mol. The van der Waals surface area contributed by atoms with Crippen LogP contribution in [0.1, 0.15) is 44.1 Å². The van der Waals surface area contributed by atoms with Gasteiger partial charge in [-0.05, 0) is 18.4 Å². The van der Waals surface area contributed by atoms with E-state index in [-0.39, 0.29) is 77.3 Å². The summed E-state index contributed by atoms with van der Waals surface area (Å²) in [5.41, 5.74) is 0.928. The summed E-state index contributed by atoms with van der Waals surface area (Å²) in [4.78, 5) is 73.5. The molecule has 454 valence electrons. The molecule has 1 aliphatic rings. The Labute approximate surface area is 464 Å².